The number of aliphatic hydroxyl groups excluding tert-OH is 1. The van der Waals surface area contributed by atoms with Crippen molar-refractivity contribution in [3.8, 4) is 0 Å². The van der Waals surface area contributed by atoms with Crippen LogP contribution in [-0.4, -0.2) is 37.5 Å². The van der Waals surface area contributed by atoms with Gasteiger partial charge in [-0.05, 0) is 18.9 Å². The number of aliphatic hydroxyl groups is 1. The molecule has 1 N–H and O–H groups in total. The number of hydrogen-bond acceptors (Lipinski definition) is 3. The molecule has 0 radical (unpaired) electrons. The van der Waals surface area contributed by atoms with Crippen LogP contribution in [0.4, 0.5) is 13.2 Å². The Hall–Kier alpha value is -1.12. The van der Waals surface area contributed by atoms with Crippen molar-refractivity contribution in [1.29, 1.82) is 0 Å². The van der Waals surface area contributed by atoms with Crippen LogP contribution in [0.1, 0.15) is 26.2 Å². The van der Waals surface area contributed by atoms with E-state index in [-0.39, 0.29) is 32.2 Å². The Morgan fingerprint density at radius 1 is 1.05 bits per heavy atom. The van der Waals surface area contributed by atoms with Gasteiger partial charge in [-0.1, -0.05) is 13.3 Å². The van der Waals surface area contributed by atoms with Crippen LogP contribution < -0.4 is 0 Å². The van der Waals surface area contributed by atoms with Crippen LogP contribution in [0.2, 0.25) is 0 Å². The second-order valence-corrected chi connectivity index (χ2v) is 6.44. The van der Waals surface area contributed by atoms with Gasteiger partial charge in [0.15, 0.2) is 11.6 Å². The Labute approximate surface area is 122 Å². The first-order valence-corrected chi connectivity index (χ1v) is 8.04. The van der Waals surface area contributed by atoms with Gasteiger partial charge in [0.1, 0.15) is 10.7 Å². The maximum atomic E-state index is 13.7. The van der Waals surface area contributed by atoms with E-state index in [1.165, 1.54) is 0 Å². The lowest BCUT2D eigenvalue weighted by molar-refractivity contribution is 0.268. The van der Waals surface area contributed by atoms with Gasteiger partial charge >= 0.3 is 0 Å². The van der Waals surface area contributed by atoms with Crippen LogP contribution in [0, 0.1) is 17.5 Å². The van der Waals surface area contributed by atoms with Gasteiger partial charge in [0.25, 0.3) is 0 Å². The Morgan fingerprint density at radius 3 is 2.19 bits per heavy atom. The molecule has 0 aliphatic rings. The summed E-state index contributed by atoms with van der Waals surface area (Å²) in [5.41, 5.74) is 0. The molecular weight excluding hydrogens is 307 g/mol. The summed E-state index contributed by atoms with van der Waals surface area (Å²) < 4.78 is 65.4. The van der Waals surface area contributed by atoms with Crippen LogP contribution in [0.15, 0.2) is 17.0 Å². The third kappa shape index (κ3) is 4.42. The van der Waals surface area contributed by atoms with Crippen molar-refractivity contribution in [2.75, 3.05) is 19.7 Å². The Balaban J connectivity index is 3.18. The van der Waals surface area contributed by atoms with E-state index in [2.05, 4.69) is 0 Å². The molecule has 0 atom stereocenters. The second kappa shape index (κ2) is 7.77. The smallest absolute Gasteiger partial charge is 0.246 e. The number of rotatable bonds is 8. The Bertz CT molecular complexity index is 570. The number of halogens is 3. The van der Waals surface area contributed by atoms with Crippen LogP contribution in [0.3, 0.4) is 0 Å². The van der Waals surface area contributed by atoms with E-state index in [1.54, 1.807) is 0 Å². The molecule has 8 heteroatoms. The standard InChI is InChI=1S/C13H18F3NO3S/c1-2-3-5-17(6-4-7-18)21(19,20)13-9-11(15)10(14)8-12(13)16/h8-9,18H,2-7H2,1H3. The fourth-order valence-corrected chi connectivity index (χ4v) is 3.35. The van der Waals surface area contributed by atoms with Crippen molar-refractivity contribution in [3.63, 3.8) is 0 Å². The summed E-state index contributed by atoms with van der Waals surface area (Å²) in [6.45, 7) is 1.74. The van der Waals surface area contributed by atoms with E-state index in [4.69, 9.17) is 5.11 Å². The molecule has 1 rings (SSSR count). The zero-order chi connectivity index (χ0) is 16.0. The topological polar surface area (TPSA) is 57.6 Å². The lowest BCUT2D eigenvalue weighted by Crippen LogP contribution is -2.34. The van der Waals surface area contributed by atoms with Gasteiger partial charge in [-0.25, -0.2) is 21.6 Å². The number of benzene rings is 1. The third-order valence-corrected chi connectivity index (χ3v) is 4.83. The van der Waals surface area contributed by atoms with E-state index >= 15 is 0 Å². The predicted octanol–water partition coefficient (Wildman–Crippen LogP) is 2.28. The molecule has 0 unspecified atom stereocenters. The van der Waals surface area contributed by atoms with Gasteiger partial charge in [0.2, 0.25) is 10.0 Å². The SMILES string of the molecule is CCCCN(CCCO)S(=O)(=O)c1cc(F)c(F)cc1F. The lowest BCUT2D eigenvalue weighted by Gasteiger charge is -2.22. The highest BCUT2D eigenvalue weighted by Crippen LogP contribution is 2.22. The number of unbranched alkanes of at least 4 members (excludes halogenated alkanes) is 1. The number of nitrogens with zero attached hydrogens (tertiary/aromatic N) is 1. The van der Waals surface area contributed by atoms with E-state index in [0.717, 1.165) is 4.31 Å². The van der Waals surface area contributed by atoms with Crippen molar-refractivity contribution in [3.05, 3.63) is 29.6 Å². The summed E-state index contributed by atoms with van der Waals surface area (Å²) in [7, 11) is -4.27. The molecule has 1 aromatic carbocycles. The third-order valence-electron chi connectivity index (χ3n) is 2.92. The van der Waals surface area contributed by atoms with Crippen LogP contribution >= 0.6 is 0 Å². The molecule has 0 aromatic heterocycles. The quantitative estimate of drug-likeness (QED) is 0.746. The van der Waals surface area contributed by atoms with E-state index in [1.807, 2.05) is 6.92 Å². The fraction of sp³-hybridized carbons (Fsp3) is 0.538. The Morgan fingerprint density at radius 2 is 1.62 bits per heavy atom. The molecule has 0 spiro atoms. The summed E-state index contributed by atoms with van der Waals surface area (Å²) in [5.74, 6) is -4.20. The zero-order valence-electron chi connectivity index (χ0n) is 11.7. The van der Waals surface area contributed by atoms with E-state index in [0.29, 0.717) is 18.9 Å². The maximum Gasteiger partial charge on any atom is 0.246 e. The van der Waals surface area contributed by atoms with Crippen molar-refractivity contribution in [2.24, 2.45) is 0 Å². The average Bonchev–Trinajstić information content (AvgIpc) is 2.42. The summed E-state index contributed by atoms with van der Waals surface area (Å²) in [4.78, 5) is -0.893. The molecule has 4 nitrogen and oxygen atoms in total. The second-order valence-electron chi connectivity index (χ2n) is 4.53. The van der Waals surface area contributed by atoms with Crippen molar-refractivity contribution in [1.82, 2.24) is 4.31 Å². The van der Waals surface area contributed by atoms with Gasteiger partial charge in [0, 0.05) is 25.8 Å². The summed E-state index contributed by atoms with van der Waals surface area (Å²) >= 11 is 0. The molecule has 1 aromatic rings. The molecule has 0 fully saturated rings. The summed E-state index contributed by atoms with van der Waals surface area (Å²) in [6.07, 6.45) is 1.43. The molecule has 21 heavy (non-hydrogen) atoms. The molecule has 0 heterocycles. The van der Waals surface area contributed by atoms with Gasteiger partial charge in [-0.2, -0.15) is 4.31 Å². The van der Waals surface area contributed by atoms with E-state index < -0.39 is 32.4 Å². The minimum atomic E-state index is -4.27. The maximum absolute atomic E-state index is 13.7. The molecule has 0 amide bonds. The Kier molecular flexibility index (Phi) is 6.63. The predicted molar refractivity (Wildman–Crippen MR) is 71.7 cm³/mol. The summed E-state index contributed by atoms with van der Waals surface area (Å²) in [5, 5.41) is 8.81. The first kappa shape index (κ1) is 17.9. The molecule has 120 valence electrons. The minimum Gasteiger partial charge on any atom is -0.396 e. The lowest BCUT2D eigenvalue weighted by atomic mass is 10.3. The van der Waals surface area contributed by atoms with Crippen LogP contribution in [0.5, 0.6) is 0 Å². The first-order valence-electron chi connectivity index (χ1n) is 6.60. The minimum absolute atomic E-state index is 0.0166. The van der Waals surface area contributed by atoms with Crippen LogP contribution in [-0.2, 0) is 10.0 Å². The van der Waals surface area contributed by atoms with Gasteiger partial charge in [0.05, 0.1) is 0 Å². The monoisotopic (exact) mass is 325 g/mol. The number of hydrogen-bond donors (Lipinski definition) is 1. The highest BCUT2D eigenvalue weighted by atomic mass is 32.2. The zero-order valence-corrected chi connectivity index (χ0v) is 12.5. The molecule has 0 bridgehead atoms. The molecular formula is C13H18F3NO3S. The number of sulfonamides is 1. The summed E-state index contributed by atoms with van der Waals surface area (Å²) in [6, 6.07) is 0.560. The molecule has 0 aliphatic heterocycles. The van der Waals surface area contributed by atoms with Crippen molar-refractivity contribution >= 4 is 10.0 Å². The molecule has 0 saturated carbocycles. The van der Waals surface area contributed by atoms with Crippen LogP contribution in [0.25, 0.3) is 0 Å². The largest absolute Gasteiger partial charge is 0.396 e. The van der Waals surface area contributed by atoms with Crippen molar-refractivity contribution in [2.45, 2.75) is 31.1 Å². The average molecular weight is 325 g/mol. The van der Waals surface area contributed by atoms with Gasteiger partial charge < -0.3 is 5.11 Å². The molecule has 0 aliphatic carbocycles. The fourth-order valence-electron chi connectivity index (χ4n) is 1.77. The first-order chi connectivity index (χ1) is 9.84. The normalized spacial score (nSPS) is 12.1. The van der Waals surface area contributed by atoms with Crippen molar-refractivity contribution < 1.29 is 26.7 Å². The molecule has 0 saturated heterocycles. The van der Waals surface area contributed by atoms with E-state index in [9.17, 15) is 21.6 Å². The highest BCUT2D eigenvalue weighted by molar-refractivity contribution is 7.89. The van der Waals surface area contributed by atoms with Gasteiger partial charge in [-0.3, -0.25) is 0 Å². The highest BCUT2D eigenvalue weighted by Gasteiger charge is 2.28. The van der Waals surface area contributed by atoms with Gasteiger partial charge in [-0.15, -0.1) is 0 Å².